The first-order valence-electron chi connectivity index (χ1n) is 6.58. The molecule has 0 saturated carbocycles. The lowest BCUT2D eigenvalue weighted by molar-refractivity contribution is 0.0954. The third kappa shape index (κ3) is 3.05. The molecule has 0 radical (unpaired) electrons. The number of hydrogen-bond donors (Lipinski definition) is 1. The van der Waals surface area contributed by atoms with Gasteiger partial charge in [-0.25, -0.2) is 0 Å². The minimum Gasteiger partial charge on any atom is -0.378 e. The standard InChI is InChI=1S/C13H22ClN3O/c1-9-12(13(14)17(3)16-9)8-10(15-2)7-11-5-4-6-18-11/h10-11,15H,4-8H2,1-3H3. The Morgan fingerprint density at radius 1 is 1.61 bits per heavy atom. The smallest absolute Gasteiger partial charge is 0.130 e. The van der Waals surface area contributed by atoms with Crippen molar-refractivity contribution in [1.29, 1.82) is 0 Å². The van der Waals surface area contributed by atoms with E-state index >= 15 is 0 Å². The molecule has 2 heterocycles. The van der Waals surface area contributed by atoms with Crippen molar-refractivity contribution in [2.45, 2.75) is 44.8 Å². The van der Waals surface area contributed by atoms with Gasteiger partial charge in [0.1, 0.15) is 5.15 Å². The fraction of sp³-hybridized carbons (Fsp3) is 0.769. The van der Waals surface area contributed by atoms with Crippen LogP contribution in [-0.4, -0.2) is 35.6 Å². The van der Waals surface area contributed by atoms with Crippen LogP contribution in [0.2, 0.25) is 5.15 Å². The van der Waals surface area contributed by atoms with Gasteiger partial charge in [-0.15, -0.1) is 0 Å². The fourth-order valence-corrected chi connectivity index (χ4v) is 2.85. The minimum atomic E-state index is 0.397. The predicted octanol–water partition coefficient (Wildman–Crippen LogP) is 2.08. The van der Waals surface area contributed by atoms with Gasteiger partial charge in [0.05, 0.1) is 11.8 Å². The number of aryl methyl sites for hydroxylation is 2. The summed E-state index contributed by atoms with van der Waals surface area (Å²) in [5.41, 5.74) is 2.17. The van der Waals surface area contributed by atoms with Crippen LogP contribution in [0, 0.1) is 6.92 Å². The molecule has 4 nitrogen and oxygen atoms in total. The molecular weight excluding hydrogens is 250 g/mol. The summed E-state index contributed by atoms with van der Waals surface area (Å²) in [6.07, 6.45) is 4.72. The minimum absolute atomic E-state index is 0.397. The lowest BCUT2D eigenvalue weighted by Gasteiger charge is -2.19. The quantitative estimate of drug-likeness (QED) is 0.891. The van der Waals surface area contributed by atoms with E-state index < -0.39 is 0 Å². The van der Waals surface area contributed by atoms with Gasteiger partial charge in [0.2, 0.25) is 0 Å². The summed E-state index contributed by atoms with van der Waals surface area (Å²) < 4.78 is 7.44. The Balaban J connectivity index is 2.00. The van der Waals surface area contributed by atoms with Crippen molar-refractivity contribution in [2.75, 3.05) is 13.7 Å². The van der Waals surface area contributed by atoms with E-state index in [1.165, 1.54) is 12.8 Å². The van der Waals surface area contributed by atoms with Gasteiger partial charge in [0.15, 0.2) is 0 Å². The molecule has 18 heavy (non-hydrogen) atoms. The average molecular weight is 272 g/mol. The first-order chi connectivity index (χ1) is 8.61. The Kier molecular flexibility index (Phi) is 4.65. The zero-order valence-electron chi connectivity index (χ0n) is 11.4. The normalized spacial score (nSPS) is 21.4. The highest BCUT2D eigenvalue weighted by atomic mass is 35.5. The van der Waals surface area contributed by atoms with Crippen molar-refractivity contribution in [3.05, 3.63) is 16.4 Å². The first-order valence-corrected chi connectivity index (χ1v) is 6.96. The van der Waals surface area contributed by atoms with Crippen molar-refractivity contribution in [2.24, 2.45) is 7.05 Å². The summed E-state index contributed by atoms with van der Waals surface area (Å²) in [5.74, 6) is 0. The molecule has 1 saturated heterocycles. The van der Waals surface area contributed by atoms with E-state index in [1.54, 1.807) is 4.68 Å². The lowest BCUT2D eigenvalue weighted by Crippen LogP contribution is -2.31. The van der Waals surface area contributed by atoms with Gasteiger partial charge in [-0.2, -0.15) is 5.10 Å². The molecule has 0 aromatic carbocycles. The van der Waals surface area contributed by atoms with Crippen LogP contribution in [0.5, 0.6) is 0 Å². The van der Waals surface area contributed by atoms with E-state index in [4.69, 9.17) is 16.3 Å². The second-order valence-electron chi connectivity index (χ2n) is 5.04. The number of hydrogen-bond acceptors (Lipinski definition) is 3. The number of nitrogens with one attached hydrogen (secondary N) is 1. The van der Waals surface area contributed by atoms with Crippen LogP contribution in [0.1, 0.15) is 30.5 Å². The van der Waals surface area contributed by atoms with Crippen LogP contribution in [0.25, 0.3) is 0 Å². The number of aromatic nitrogens is 2. The van der Waals surface area contributed by atoms with Gasteiger partial charge in [-0.3, -0.25) is 4.68 Å². The van der Waals surface area contributed by atoms with E-state index in [0.29, 0.717) is 12.1 Å². The van der Waals surface area contributed by atoms with Crippen molar-refractivity contribution in [1.82, 2.24) is 15.1 Å². The van der Waals surface area contributed by atoms with Crippen LogP contribution in [0.4, 0.5) is 0 Å². The van der Waals surface area contributed by atoms with Crippen LogP contribution < -0.4 is 5.32 Å². The van der Waals surface area contributed by atoms with Crippen molar-refractivity contribution < 1.29 is 4.74 Å². The van der Waals surface area contributed by atoms with E-state index in [2.05, 4.69) is 10.4 Å². The number of halogens is 1. The number of ether oxygens (including phenoxy) is 1. The topological polar surface area (TPSA) is 39.1 Å². The van der Waals surface area contributed by atoms with Crippen molar-refractivity contribution in [3.63, 3.8) is 0 Å². The van der Waals surface area contributed by atoms with Gasteiger partial charge in [-0.1, -0.05) is 11.6 Å². The molecule has 1 aliphatic rings. The molecule has 0 spiro atoms. The maximum Gasteiger partial charge on any atom is 0.130 e. The molecule has 5 heteroatoms. The maximum atomic E-state index is 6.27. The molecule has 1 aromatic rings. The Bertz CT molecular complexity index is 399. The largest absolute Gasteiger partial charge is 0.378 e. The molecular formula is C13H22ClN3O. The van der Waals surface area contributed by atoms with E-state index in [-0.39, 0.29) is 0 Å². The van der Waals surface area contributed by atoms with Crippen LogP contribution in [0.15, 0.2) is 0 Å². The number of nitrogens with zero attached hydrogens (tertiary/aromatic N) is 2. The molecule has 1 aliphatic heterocycles. The highest BCUT2D eigenvalue weighted by molar-refractivity contribution is 6.30. The molecule has 1 fully saturated rings. The SMILES string of the molecule is CNC(Cc1c(C)nn(C)c1Cl)CC1CCCO1. The average Bonchev–Trinajstić information content (AvgIpc) is 2.92. The Labute approximate surface area is 114 Å². The second-order valence-corrected chi connectivity index (χ2v) is 5.40. The second kappa shape index (κ2) is 6.04. The summed E-state index contributed by atoms with van der Waals surface area (Å²) in [7, 11) is 3.88. The summed E-state index contributed by atoms with van der Waals surface area (Å²) in [4.78, 5) is 0. The van der Waals surface area contributed by atoms with Crippen molar-refractivity contribution in [3.8, 4) is 0 Å². The third-order valence-electron chi connectivity index (χ3n) is 3.70. The maximum absolute atomic E-state index is 6.27. The summed E-state index contributed by atoms with van der Waals surface area (Å²) in [5, 5.41) is 8.47. The Hall–Kier alpha value is -0.580. The summed E-state index contributed by atoms with van der Waals surface area (Å²) in [6.45, 7) is 2.92. The van der Waals surface area contributed by atoms with Gasteiger partial charge >= 0.3 is 0 Å². The first kappa shape index (κ1) is 13.8. The third-order valence-corrected chi connectivity index (χ3v) is 4.17. The predicted molar refractivity (Wildman–Crippen MR) is 73.1 cm³/mol. The Morgan fingerprint density at radius 3 is 2.89 bits per heavy atom. The van der Waals surface area contributed by atoms with Crippen molar-refractivity contribution >= 4 is 11.6 Å². The number of rotatable bonds is 5. The fourth-order valence-electron chi connectivity index (χ4n) is 2.60. The summed E-state index contributed by atoms with van der Waals surface area (Å²) in [6, 6.07) is 0.397. The van der Waals surface area contributed by atoms with Crippen LogP contribution >= 0.6 is 11.6 Å². The van der Waals surface area contributed by atoms with Crippen LogP contribution in [0.3, 0.4) is 0 Å². The molecule has 102 valence electrons. The van der Waals surface area contributed by atoms with E-state index in [9.17, 15) is 0 Å². The molecule has 2 rings (SSSR count). The molecule has 2 unspecified atom stereocenters. The van der Waals surface area contributed by atoms with E-state index in [1.807, 2.05) is 21.0 Å². The van der Waals surface area contributed by atoms with E-state index in [0.717, 1.165) is 35.9 Å². The highest BCUT2D eigenvalue weighted by Gasteiger charge is 2.22. The molecule has 0 aliphatic carbocycles. The highest BCUT2D eigenvalue weighted by Crippen LogP contribution is 2.23. The van der Waals surface area contributed by atoms with Gasteiger partial charge < -0.3 is 10.1 Å². The Morgan fingerprint density at radius 2 is 2.39 bits per heavy atom. The zero-order chi connectivity index (χ0) is 13.1. The van der Waals surface area contributed by atoms with Gasteiger partial charge in [0, 0.05) is 25.3 Å². The van der Waals surface area contributed by atoms with Crippen LogP contribution in [-0.2, 0) is 18.2 Å². The molecule has 0 amide bonds. The molecule has 0 bridgehead atoms. The van der Waals surface area contributed by atoms with Gasteiger partial charge in [-0.05, 0) is 39.7 Å². The molecule has 2 atom stereocenters. The molecule has 1 aromatic heterocycles. The zero-order valence-corrected chi connectivity index (χ0v) is 12.1. The molecule has 1 N–H and O–H groups in total. The summed E-state index contributed by atoms with van der Waals surface area (Å²) >= 11 is 6.27. The number of likely N-dealkylation sites (N-methyl/N-ethyl adjacent to an activating group) is 1. The monoisotopic (exact) mass is 271 g/mol. The lowest BCUT2D eigenvalue weighted by atomic mass is 10.00. The van der Waals surface area contributed by atoms with Gasteiger partial charge in [0.25, 0.3) is 0 Å².